The molecule has 0 spiro atoms. The van der Waals surface area contributed by atoms with E-state index in [1.54, 1.807) is 33.8 Å². The summed E-state index contributed by atoms with van der Waals surface area (Å²) in [6, 6.07) is 14.2. The average Bonchev–Trinajstić information content (AvgIpc) is 3.35. The average molecular weight is 502 g/mol. The SMILES string of the molecule is CC(C)(C)OC(=O)NC(C)(Cc1ccccc1)c1nnc(-c2cc(C(=O)O)cc(-c3cnccn3)c2)o1. The molecule has 0 aliphatic carbocycles. The highest BCUT2D eigenvalue weighted by atomic mass is 16.6. The maximum Gasteiger partial charge on any atom is 0.408 e. The largest absolute Gasteiger partial charge is 0.478 e. The van der Waals surface area contributed by atoms with Gasteiger partial charge in [-0.3, -0.25) is 9.97 Å². The monoisotopic (exact) mass is 501 g/mol. The number of amides is 1. The zero-order valence-corrected chi connectivity index (χ0v) is 20.9. The molecule has 4 rings (SSSR count). The molecule has 190 valence electrons. The van der Waals surface area contributed by atoms with Crippen molar-refractivity contribution in [3.63, 3.8) is 0 Å². The highest BCUT2D eigenvalue weighted by molar-refractivity contribution is 5.91. The molecule has 2 N–H and O–H groups in total. The summed E-state index contributed by atoms with van der Waals surface area (Å²) in [7, 11) is 0. The van der Waals surface area contributed by atoms with Crippen LogP contribution in [0.15, 0.2) is 71.5 Å². The second kappa shape index (κ2) is 10.2. The van der Waals surface area contributed by atoms with E-state index in [2.05, 4.69) is 25.5 Å². The number of carboxylic acid groups (broad SMARTS) is 1. The van der Waals surface area contributed by atoms with Crippen molar-refractivity contribution >= 4 is 12.1 Å². The number of carbonyl (C=O) groups excluding carboxylic acids is 1. The molecule has 2 heterocycles. The van der Waals surface area contributed by atoms with Crippen molar-refractivity contribution in [1.29, 1.82) is 0 Å². The number of benzene rings is 2. The first-order chi connectivity index (χ1) is 17.5. The van der Waals surface area contributed by atoms with Gasteiger partial charge in [-0.1, -0.05) is 30.3 Å². The summed E-state index contributed by atoms with van der Waals surface area (Å²) < 4.78 is 11.5. The van der Waals surface area contributed by atoms with Crippen LogP contribution in [0.2, 0.25) is 0 Å². The lowest BCUT2D eigenvalue weighted by molar-refractivity contribution is 0.0443. The summed E-state index contributed by atoms with van der Waals surface area (Å²) in [5.41, 5.74) is 0.543. The summed E-state index contributed by atoms with van der Waals surface area (Å²) in [6.07, 6.45) is 4.29. The van der Waals surface area contributed by atoms with E-state index in [9.17, 15) is 14.7 Å². The minimum atomic E-state index is -1.12. The van der Waals surface area contributed by atoms with Crippen LogP contribution in [-0.2, 0) is 16.7 Å². The minimum absolute atomic E-state index is 0.0248. The van der Waals surface area contributed by atoms with Gasteiger partial charge in [0.25, 0.3) is 0 Å². The normalized spacial score (nSPS) is 13.0. The number of rotatable bonds is 7. The van der Waals surface area contributed by atoms with Crippen LogP contribution in [0.5, 0.6) is 0 Å². The summed E-state index contributed by atoms with van der Waals surface area (Å²) in [6.45, 7) is 7.09. The molecular formula is C27H27N5O5. The minimum Gasteiger partial charge on any atom is -0.478 e. The Bertz CT molecular complexity index is 1400. The number of nitrogens with one attached hydrogen (secondary N) is 1. The van der Waals surface area contributed by atoms with Gasteiger partial charge in [-0.25, -0.2) is 9.59 Å². The van der Waals surface area contributed by atoms with Gasteiger partial charge >= 0.3 is 12.1 Å². The fourth-order valence-electron chi connectivity index (χ4n) is 3.74. The zero-order valence-electron chi connectivity index (χ0n) is 20.9. The smallest absolute Gasteiger partial charge is 0.408 e. The molecule has 0 aliphatic heterocycles. The molecule has 10 nitrogen and oxygen atoms in total. The first kappa shape index (κ1) is 25.5. The van der Waals surface area contributed by atoms with Gasteiger partial charge in [0.2, 0.25) is 11.8 Å². The molecule has 0 saturated carbocycles. The molecule has 0 radical (unpaired) electrons. The quantitative estimate of drug-likeness (QED) is 0.363. The van der Waals surface area contributed by atoms with Gasteiger partial charge in [0, 0.05) is 29.9 Å². The molecular weight excluding hydrogens is 474 g/mol. The van der Waals surface area contributed by atoms with Crippen molar-refractivity contribution < 1.29 is 23.8 Å². The number of nitrogens with zero attached hydrogens (tertiary/aromatic N) is 4. The molecule has 2 aromatic carbocycles. The van der Waals surface area contributed by atoms with E-state index in [0.29, 0.717) is 23.2 Å². The van der Waals surface area contributed by atoms with Crippen LogP contribution in [0.4, 0.5) is 4.79 Å². The Kier molecular flexibility index (Phi) is 7.01. The summed E-state index contributed by atoms with van der Waals surface area (Å²) in [5.74, 6) is -0.889. The van der Waals surface area contributed by atoms with Gasteiger partial charge in [0.15, 0.2) is 0 Å². The van der Waals surface area contributed by atoms with Gasteiger partial charge in [-0.05, 0) is 51.5 Å². The third-order valence-corrected chi connectivity index (χ3v) is 5.36. The fraction of sp³-hybridized carbons (Fsp3) is 0.259. The Hall–Kier alpha value is -4.60. The second-order valence-corrected chi connectivity index (χ2v) is 9.73. The number of ether oxygens (including phenoxy) is 1. The Morgan fingerprint density at radius 1 is 1.00 bits per heavy atom. The highest BCUT2D eigenvalue weighted by Crippen LogP contribution is 2.31. The predicted octanol–water partition coefficient (Wildman–Crippen LogP) is 4.87. The Morgan fingerprint density at radius 3 is 2.38 bits per heavy atom. The van der Waals surface area contributed by atoms with Crippen molar-refractivity contribution in [3.05, 3.63) is 84.1 Å². The molecule has 2 aromatic heterocycles. The molecule has 0 saturated heterocycles. The van der Waals surface area contributed by atoms with Gasteiger partial charge in [-0.2, -0.15) is 0 Å². The van der Waals surface area contributed by atoms with E-state index < -0.39 is 23.2 Å². The lowest BCUT2D eigenvalue weighted by Crippen LogP contribution is -2.47. The highest BCUT2D eigenvalue weighted by Gasteiger charge is 2.36. The third-order valence-electron chi connectivity index (χ3n) is 5.36. The van der Waals surface area contributed by atoms with Crippen molar-refractivity contribution in [3.8, 4) is 22.7 Å². The Labute approximate surface area is 213 Å². The van der Waals surface area contributed by atoms with E-state index in [0.717, 1.165) is 5.56 Å². The molecule has 4 aromatic rings. The molecule has 0 aliphatic rings. The molecule has 0 bridgehead atoms. The van der Waals surface area contributed by atoms with E-state index in [-0.39, 0.29) is 17.3 Å². The van der Waals surface area contributed by atoms with Crippen molar-refractivity contribution in [2.75, 3.05) is 0 Å². The van der Waals surface area contributed by atoms with Gasteiger partial charge < -0.3 is 19.6 Å². The number of alkyl carbamates (subject to hydrolysis) is 1. The predicted molar refractivity (Wildman–Crippen MR) is 135 cm³/mol. The van der Waals surface area contributed by atoms with E-state index in [1.807, 2.05) is 30.3 Å². The standard InChI is InChI=1S/C27H27N5O5/c1-26(2,3)37-25(35)30-27(4,15-17-8-6-5-7-9-17)24-32-31-22(36-24)19-12-18(13-20(14-19)23(33)34)21-16-28-10-11-29-21/h5-14,16H,15H2,1-4H3,(H,30,35)(H,33,34). The van der Waals surface area contributed by atoms with E-state index in [4.69, 9.17) is 9.15 Å². The van der Waals surface area contributed by atoms with E-state index in [1.165, 1.54) is 30.7 Å². The van der Waals surface area contributed by atoms with Crippen LogP contribution in [0.1, 0.15) is 49.5 Å². The van der Waals surface area contributed by atoms with Crippen LogP contribution in [-0.4, -0.2) is 42.9 Å². The first-order valence-electron chi connectivity index (χ1n) is 11.6. The van der Waals surface area contributed by atoms with Crippen LogP contribution in [0.25, 0.3) is 22.7 Å². The summed E-state index contributed by atoms with van der Waals surface area (Å²) in [4.78, 5) is 32.8. The summed E-state index contributed by atoms with van der Waals surface area (Å²) >= 11 is 0. The van der Waals surface area contributed by atoms with Crippen LogP contribution in [0, 0.1) is 0 Å². The number of hydrogen-bond acceptors (Lipinski definition) is 8. The molecule has 37 heavy (non-hydrogen) atoms. The van der Waals surface area contributed by atoms with Crippen LogP contribution in [0.3, 0.4) is 0 Å². The Morgan fingerprint density at radius 2 is 1.73 bits per heavy atom. The summed E-state index contributed by atoms with van der Waals surface area (Å²) in [5, 5.41) is 20.9. The maximum atomic E-state index is 12.7. The van der Waals surface area contributed by atoms with Crippen molar-refractivity contribution in [2.24, 2.45) is 0 Å². The van der Waals surface area contributed by atoms with Gasteiger partial charge in [0.1, 0.15) is 11.1 Å². The van der Waals surface area contributed by atoms with Crippen molar-refractivity contribution in [2.45, 2.75) is 45.3 Å². The Balaban J connectivity index is 1.73. The number of hydrogen-bond donors (Lipinski definition) is 2. The molecule has 1 atom stereocenters. The number of aromatic nitrogens is 4. The van der Waals surface area contributed by atoms with Gasteiger partial charge in [0.05, 0.1) is 17.5 Å². The number of aromatic carboxylic acids is 1. The molecule has 10 heteroatoms. The lowest BCUT2D eigenvalue weighted by Gasteiger charge is -2.29. The fourth-order valence-corrected chi connectivity index (χ4v) is 3.74. The van der Waals surface area contributed by atoms with Crippen LogP contribution >= 0.6 is 0 Å². The maximum absolute atomic E-state index is 12.7. The number of carboxylic acids is 1. The second-order valence-electron chi connectivity index (χ2n) is 9.73. The first-order valence-corrected chi connectivity index (χ1v) is 11.6. The number of carbonyl (C=O) groups is 2. The zero-order chi connectivity index (χ0) is 26.6. The topological polar surface area (TPSA) is 140 Å². The molecule has 1 amide bonds. The van der Waals surface area contributed by atoms with Crippen LogP contribution < -0.4 is 5.32 Å². The third kappa shape index (κ3) is 6.35. The molecule has 1 unspecified atom stereocenters. The van der Waals surface area contributed by atoms with Gasteiger partial charge in [-0.15, -0.1) is 10.2 Å². The van der Waals surface area contributed by atoms with Crippen molar-refractivity contribution in [1.82, 2.24) is 25.5 Å². The lowest BCUT2D eigenvalue weighted by atomic mass is 9.92. The molecule has 0 fully saturated rings. The van der Waals surface area contributed by atoms with E-state index >= 15 is 0 Å².